The molecule has 1 unspecified atom stereocenters. The normalized spacial score (nSPS) is 17.9. The summed E-state index contributed by atoms with van der Waals surface area (Å²) in [5.41, 5.74) is -1.69. The average molecular weight is 567 g/mol. The van der Waals surface area contributed by atoms with E-state index >= 15 is 8.78 Å². The first-order chi connectivity index (χ1) is 19.1. The second kappa shape index (κ2) is 12.3. The van der Waals surface area contributed by atoms with E-state index in [9.17, 15) is 27.5 Å². The predicted octanol–water partition coefficient (Wildman–Crippen LogP) is 7.91. The summed E-state index contributed by atoms with van der Waals surface area (Å²) in [5, 5.41) is 9.80. The van der Waals surface area contributed by atoms with E-state index in [-0.39, 0.29) is 42.7 Å². The van der Waals surface area contributed by atoms with Crippen molar-refractivity contribution in [2.45, 2.75) is 64.1 Å². The molecule has 214 valence electrons. The van der Waals surface area contributed by atoms with Gasteiger partial charge in [0.25, 0.3) is 0 Å². The molecule has 0 aliphatic heterocycles. The predicted molar refractivity (Wildman–Crippen MR) is 135 cm³/mol. The maximum absolute atomic E-state index is 15.1. The lowest BCUT2D eigenvalue weighted by Crippen LogP contribution is -2.25. The molecule has 0 saturated heterocycles. The lowest BCUT2D eigenvalue weighted by Gasteiger charge is -2.29. The minimum absolute atomic E-state index is 0.0519. The molecule has 3 aromatic rings. The number of hydrogen-bond acceptors (Lipinski definition) is 4. The van der Waals surface area contributed by atoms with Crippen molar-refractivity contribution in [1.29, 1.82) is 0 Å². The molecule has 1 aliphatic rings. The van der Waals surface area contributed by atoms with Crippen LogP contribution in [-0.2, 0) is 4.74 Å². The van der Waals surface area contributed by atoms with Crippen molar-refractivity contribution in [3.63, 3.8) is 0 Å². The van der Waals surface area contributed by atoms with Crippen LogP contribution in [0.3, 0.4) is 0 Å². The van der Waals surface area contributed by atoms with Gasteiger partial charge in [0.15, 0.2) is 34.8 Å². The third-order valence-corrected chi connectivity index (χ3v) is 7.21. The van der Waals surface area contributed by atoms with Gasteiger partial charge >= 0.3 is 5.97 Å². The first-order valence-corrected chi connectivity index (χ1v) is 13.0. The molecule has 3 aromatic carbocycles. The molecular formula is C30H28F6O4. The monoisotopic (exact) mass is 566 g/mol. The highest BCUT2D eigenvalue weighted by molar-refractivity contribution is 5.90. The number of benzene rings is 3. The molecule has 0 spiro atoms. The van der Waals surface area contributed by atoms with Crippen LogP contribution in [0.4, 0.5) is 26.3 Å². The number of carbonyl (C=O) groups is 1. The van der Waals surface area contributed by atoms with E-state index in [4.69, 9.17) is 9.47 Å². The van der Waals surface area contributed by atoms with Gasteiger partial charge in [-0.1, -0.05) is 25.1 Å². The zero-order chi connectivity index (χ0) is 29.1. The van der Waals surface area contributed by atoms with Crippen LogP contribution in [0.5, 0.6) is 5.75 Å². The van der Waals surface area contributed by atoms with E-state index in [0.717, 1.165) is 24.3 Å². The lowest BCUT2D eigenvalue weighted by molar-refractivity contribution is 0.0187. The van der Waals surface area contributed by atoms with Crippen molar-refractivity contribution in [2.75, 3.05) is 6.61 Å². The Morgan fingerprint density at radius 2 is 1.43 bits per heavy atom. The Balaban J connectivity index is 1.44. The topological polar surface area (TPSA) is 55.8 Å². The van der Waals surface area contributed by atoms with Gasteiger partial charge < -0.3 is 14.6 Å². The van der Waals surface area contributed by atoms with Gasteiger partial charge in [-0.15, -0.1) is 0 Å². The first-order valence-electron chi connectivity index (χ1n) is 13.0. The second-order valence-electron chi connectivity index (χ2n) is 9.64. The van der Waals surface area contributed by atoms with Crippen molar-refractivity contribution in [3.05, 3.63) is 88.0 Å². The van der Waals surface area contributed by atoms with Gasteiger partial charge in [-0.2, -0.15) is 4.39 Å². The molecule has 0 heterocycles. The van der Waals surface area contributed by atoms with E-state index < -0.39 is 75.7 Å². The number of halogens is 6. The molecule has 1 atom stereocenters. The molecule has 0 radical (unpaired) electrons. The van der Waals surface area contributed by atoms with Crippen molar-refractivity contribution in [1.82, 2.24) is 0 Å². The summed E-state index contributed by atoms with van der Waals surface area (Å²) < 4.78 is 98.1. The zero-order valence-electron chi connectivity index (χ0n) is 21.9. The van der Waals surface area contributed by atoms with Crippen molar-refractivity contribution >= 4 is 5.97 Å². The molecule has 40 heavy (non-hydrogen) atoms. The summed E-state index contributed by atoms with van der Waals surface area (Å²) in [4.78, 5) is 12.5. The second-order valence-corrected chi connectivity index (χ2v) is 9.64. The van der Waals surface area contributed by atoms with E-state index in [2.05, 4.69) is 0 Å². The molecular weight excluding hydrogens is 538 g/mol. The summed E-state index contributed by atoms with van der Waals surface area (Å²) in [6, 6.07) is 6.97. The minimum atomic E-state index is -1.41. The molecule has 1 saturated carbocycles. The summed E-state index contributed by atoms with van der Waals surface area (Å²) >= 11 is 0. The van der Waals surface area contributed by atoms with Gasteiger partial charge in [0.05, 0.1) is 18.3 Å². The number of hydrogen-bond donors (Lipinski definition) is 1. The fourth-order valence-corrected chi connectivity index (χ4v) is 5.00. The van der Waals surface area contributed by atoms with Gasteiger partial charge in [-0.25, -0.2) is 26.7 Å². The third-order valence-electron chi connectivity index (χ3n) is 7.21. The Morgan fingerprint density at radius 1 is 0.800 bits per heavy atom. The fourth-order valence-electron chi connectivity index (χ4n) is 5.00. The van der Waals surface area contributed by atoms with Crippen LogP contribution < -0.4 is 4.74 Å². The maximum Gasteiger partial charge on any atom is 0.341 e. The van der Waals surface area contributed by atoms with Gasteiger partial charge in [-0.3, -0.25) is 0 Å². The van der Waals surface area contributed by atoms with Gasteiger partial charge in [0, 0.05) is 16.7 Å². The maximum atomic E-state index is 15.1. The van der Waals surface area contributed by atoms with Crippen LogP contribution in [0.25, 0.3) is 11.1 Å². The van der Waals surface area contributed by atoms with Crippen molar-refractivity contribution in [2.24, 2.45) is 0 Å². The number of aliphatic hydroxyl groups excluding tert-OH is 1. The Kier molecular flexibility index (Phi) is 9.08. The van der Waals surface area contributed by atoms with Gasteiger partial charge in [-0.05, 0) is 68.7 Å². The molecule has 0 amide bonds. The molecule has 1 N–H and O–H groups in total. The third kappa shape index (κ3) is 5.68. The molecule has 0 aromatic heterocycles. The number of carbonyl (C=O) groups excluding carboxylic acids is 1. The zero-order valence-corrected chi connectivity index (χ0v) is 21.9. The molecule has 10 heteroatoms. The summed E-state index contributed by atoms with van der Waals surface area (Å²) in [6.07, 6.45) is -0.580. The number of ether oxygens (including phenoxy) is 2. The number of rotatable bonds is 8. The SMILES string of the molecule is CCOc1ccc(-c2ccc(C3CCC(OC(=O)c4ccc(C(O)CC)c(F)c4F)CC3)c(F)c2F)c(F)c1F. The highest BCUT2D eigenvalue weighted by Gasteiger charge is 2.30. The number of esters is 1. The van der Waals surface area contributed by atoms with Gasteiger partial charge in [0.2, 0.25) is 5.82 Å². The van der Waals surface area contributed by atoms with E-state index in [1.165, 1.54) is 12.1 Å². The first kappa shape index (κ1) is 29.5. The Bertz CT molecular complexity index is 1400. The van der Waals surface area contributed by atoms with Crippen LogP contribution in [0.15, 0.2) is 36.4 Å². The Morgan fingerprint density at radius 3 is 2.05 bits per heavy atom. The minimum Gasteiger partial charge on any atom is -0.491 e. The molecule has 1 aliphatic carbocycles. The smallest absolute Gasteiger partial charge is 0.341 e. The average Bonchev–Trinajstić information content (AvgIpc) is 2.95. The molecule has 0 bridgehead atoms. The Labute approximate surface area is 227 Å². The largest absolute Gasteiger partial charge is 0.491 e. The van der Waals surface area contributed by atoms with E-state index in [1.54, 1.807) is 13.8 Å². The summed E-state index contributed by atoms with van der Waals surface area (Å²) in [6.45, 7) is 3.29. The molecule has 4 nitrogen and oxygen atoms in total. The standard InChI is InChI=1S/C30H28F6O4/c1-3-22(37)20-11-12-21(28(35)27(20)34)30(38)40-16-7-5-15(6-8-16)17-9-10-18(25(32)24(17)31)19-13-14-23(39-4-2)29(36)26(19)33/h9-16,22,37H,3-8H2,1-2H3. The summed E-state index contributed by atoms with van der Waals surface area (Å²) in [5.74, 6) is -9.72. The van der Waals surface area contributed by atoms with Crippen molar-refractivity contribution in [3.8, 4) is 16.9 Å². The van der Waals surface area contributed by atoms with Crippen LogP contribution in [0, 0.1) is 34.9 Å². The van der Waals surface area contributed by atoms with E-state index in [1.807, 2.05) is 0 Å². The highest BCUT2D eigenvalue weighted by atomic mass is 19.2. The van der Waals surface area contributed by atoms with Crippen molar-refractivity contribution < 1.29 is 45.7 Å². The molecule has 4 rings (SSSR count). The van der Waals surface area contributed by atoms with Gasteiger partial charge in [0.1, 0.15) is 6.10 Å². The highest BCUT2D eigenvalue weighted by Crippen LogP contribution is 2.39. The number of aliphatic hydroxyl groups is 1. The van der Waals surface area contributed by atoms with Crippen LogP contribution >= 0.6 is 0 Å². The molecule has 1 fully saturated rings. The Hall–Kier alpha value is -3.53. The fraction of sp³-hybridized carbons (Fsp3) is 0.367. The lowest BCUT2D eigenvalue weighted by atomic mass is 9.82. The van der Waals surface area contributed by atoms with E-state index in [0.29, 0.717) is 12.8 Å². The summed E-state index contributed by atoms with van der Waals surface area (Å²) in [7, 11) is 0. The van der Waals surface area contributed by atoms with Crippen LogP contribution in [0.2, 0.25) is 0 Å². The van der Waals surface area contributed by atoms with Crippen LogP contribution in [0.1, 0.15) is 79.5 Å². The van der Waals surface area contributed by atoms with Crippen LogP contribution in [-0.4, -0.2) is 23.8 Å². The quantitative estimate of drug-likeness (QED) is 0.222.